The van der Waals surface area contributed by atoms with E-state index in [1.807, 2.05) is 30.3 Å². The van der Waals surface area contributed by atoms with Crippen LogP contribution in [0.25, 0.3) is 10.9 Å². The third kappa shape index (κ3) is 4.48. The van der Waals surface area contributed by atoms with Gasteiger partial charge < -0.3 is 25.4 Å². The van der Waals surface area contributed by atoms with E-state index in [4.69, 9.17) is 33.3 Å². The molecular formula is C21H18ClN5O2S. The summed E-state index contributed by atoms with van der Waals surface area (Å²) in [6.07, 6.45) is 0.774. The fraction of sp³-hybridized carbons (Fsp3) is 0.190. The van der Waals surface area contributed by atoms with Gasteiger partial charge in [0.05, 0.1) is 21.8 Å². The van der Waals surface area contributed by atoms with E-state index < -0.39 is 0 Å². The molecule has 0 atom stereocenters. The van der Waals surface area contributed by atoms with E-state index >= 15 is 0 Å². The second kappa shape index (κ2) is 9.03. The normalized spacial score (nSPS) is 11.7. The molecule has 30 heavy (non-hydrogen) atoms. The molecule has 0 saturated heterocycles. The molecule has 0 fully saturated rings. The molecule has 0 unspecified atom stereocenters. The van der Waals surface area contributed by atoms with Crippen LogP contribution in [-0.2, 0) is 0 Å². The summed E-state index contributed by atoms with van der Waals surface area (Å²) < 4.78 is 10.8. The minimum absolute atomic E-state index is 0.196. The number of hydrogen-bond acceptors (Lipinski definition) is 6. The number of rotatable bonds is 6. The van der Waals surface area contributed by atoms with Crippen LogP contribution in [0.5, 0.6) is 11.5 Å². The SMILES string of the molecule is N#Cc1cc2cc3c(cc2nc1NCCCNC(=S)Nc1ccccc1Cl)OCO3. The van der Waals surface area contributed by atoms with E-state index in [2.05, 4.69) is 27.0 Å². The summed E-state index contributed by atoms with van der Waals surface area (Å²) in [7, 11) is 0. The number of aromatic nitrogens is 1. The summed E-state index contributed by atoms with van der Waals surface area (Å²) >= 11 is 11.4. The van der Waals surface area contributed by atoms with Crippen LogP contribution in [0.4, 0.5) is 11.5 Å². The Kier molecular flexibility index (Phi) is 6.02. The number of nitrogens with one attached hydrogen (secondary N) is 3. The zero-order valence-electron chi connectivity index (χ0n) is 15.9. The molecule has 152 valence electrons. The minimum Gasteiger partial charge on any atom is -0.454 e. The van der Waals surface area contributed by atoms with E-state index in [1.165, 1.54) is 0 Å². The molecule has 9 heteroatoms. The first kappa shape index (κ1) is 20.0. The van der Waals surface area contributed by atoms with Crippen LogP contribution in [0.15, 0.2) is 42.5 Å². The molecule has 0 radical (unpaired) electrons. The first-order valence-corrected chi connectivity index (χ1v) is 10.1. The maximum absolute atomic E-state index is 9.47. The van der Waals surface area contributed by atoms with Crippen molar-refractivity contribution in [3.05, 3.63) is 53.1 Å². The van der Waals surface area contributed by atoms with Gasteiger partial charge in [0.2, 0.25) is 6.79 Å². The van der Waals surface area contributed by atoms with E-state index in [-0.39, 0.29) is 6.79 Å². The number of para-hydroxylation sites is 1. The van der Waals surface area contributed by atoms with Crippen molar-refractivity contribution in [3.63, 3.8) is 0 Å². The zero-order valence-corrected chi connectivity index (χ0v) is 17.4. The Balaban J connectivity index is 1.31. The highest BCUT2D eigenvalue weighted by Gasteiger charge is 2.16. The van der Waals surface area contributed by atoms with Crippen LogP contribution in [0.2, 0.25) is 5.02 Å². The summed E-state index contributed by atoms with van der Waals surface area (Å²) in [6.45, 7) is 1.47. The van der Waals surface area contributed by atoms with Crippen LogP contribution >= 0.6 is 23.8 Å². The van der Waals surface area contributed by atoms with Gasteiger partial charge in [-0.25, -0.2) is 4.98 Å². The van der Waals surface area contributed by atoms with Crippen molar-refractivity contribution in [2.24, 2.45) is 0 Å². The second-order valence-electron chi connectivity index (χ2n) is 6.54. The van der Waals surface area contributed by atoms with E-state index in [1.54, 1.807) is 12.1 Å². The van der Waals surface area contributed by atoms with Crippen molar-refractivity contribution in [2.45, 2.75) is 6.42 Å². The lowest BCUT2D eigenvalue weighted by Gasteiger charge is -2.12. The van der Waals surface area contributed by atoms with Crippen molar-refractivity contribution in [2.75, 3.05) is 30.5 Å². The molecule has 1 aliphatic heterocycles. The molecular weight excluding hydrogens is 422 g/mol. The summed E-state index contributed by atoms with van der Waals surface area (Å²) in [5, 5.41) is 20.8. The molecule has 1 aromatic heterocycles. The second-order valence-corrected chi connectivity index (χ2v) is 7.35. The summed E-state index contributed by atoms with van der Waals surface area (Å²) in [5.41, 5.74) is 1.98. The Hall–Kier alpha value is -3.28. The fourth-order valence-corrected chi connectivity index (χ4v) is 3.41. The van der Waals surface area contributed by atoms with Crippen molar-refractivity contribution < 1.29 is 9.47 Å². The van der Waals surface area contributed by atoms with E-state index in [0.717, 1.165) is 23.0 Å². The molecule has 2 heterocycles. The van der Waals surface area contributed by atoms with Crippen molar-refractivity contribution in [3.8, 4) is 17.6 Å². The number of anilines is 2. The van der Waals surface area contributed by atoms with Crippen molar-refractivity contribution in [1.29, 1.82) is 5.26 Å². The lowest BCUT2D eigenvalue weighted by atomic mass is 10.1. The fourth-order valence-electron chi connectivity index (χ4n) is 3.01. The van der Waals surface area contributed by atoms with Gasteiger partial charge in [0.1, 0.15) is 11.9 Å². The predicted molar refractivity (Wildman–Crippen MR) is 121 cm³/mol. The quantitative estimate of drug-likeness (QED) is 0.387. The zero-order chi connectivity index (χ0) is 20.9. The third-order valence-corrected chi connectivity index (χ3v) is 5.06. The van der Waals surface area contributed by atoms with E-state index in [0.29, 0.717) is 46.1 Å². The lowest BCUT2D eigenvalue weighted by molar-refractivity contribution is 0.174. The number of nitrogens with zero attached hydrogens (tertiary/aromatic N) is 2. The summed E-state index contributed by atoms with van der Waals surface area (Å²) in [6, 6.07) is 15.1. The maximum Gasteiger partial charge on any atom is 0.231 e. The highest BCUT2D eigenvalue weighted by atomic mass is 35.5. The van der Waals surface area contributed by atoms with Gasteiger partial charge in [0, 0.05) is 24.5 Å². The Morgan fingerprint density at radius 1 is 1.17 bits per heavy atom. The van der Waals surface area contributed by atoms with Gasteiger partial charge in [-0.1, -0.05) is 23.7 Å². The molecule has 7 nitrogen and oxygen atoms in total. The minimum atomic E-state index is 0.196. The lowest BCUT2D eigenvalue weighted by Crippen LogP contribution is -2.30. The first-order valence-electron chi connectivity index (χ1n) is 9.32. The van der Waals surface area contributed by atoms with Gasteiger partial charge in [0.15, 0.2) is 16.6 Å². The number of halogens is 1. The van der Waals surface area contributed by atoms with Crippen LogP contribution < -0.4 is 25.4 Å². The van der Waals surface area contributed by atoms with E-state index in [9.17, 15) is 5.26 Å². The van der Waals surface area contributed by atoms with Gasteiger partial charge in [-0.05, 0) is 42.9 Å². The van der Waals surface area contributed by atoms with Gasteiger partial charge in [0.25, 0.3) is 0 Å². The molecule has 2 aromatic carbocycles. The standard InChI is InChI=1S/C21H18ClN5O2S/c22-15-4-1-2-5-16(15)27-21(30)25-7-3-6-24-20-14(11-23)8-13-9-18-19(29-12-28-18)10-17(13)26-20/h1-2,4-5,8-10H,3,6-7,12H2,(H,24,26)(H2,25,27,30). The number of thiocarbonyl (C=S) groups is 1. The Morgan fingerprint density at radius 2 is 1.97 bits per heavy atom. The van der Waals surface area contributed by atoms with Crippen LogP contribution in [-0.4, -0.2) is 30.0 Å². The average molecular weight is 440 g/mol. The topological polar surface area (TPSA) is 91.2 Å². The summed E-state index contributed by atoms with van der Waals surface area (Å²) in [4.78, 5) is 4.58. The van der Waals surface area contributed by atoms with Gasteiger partial charge >= 0.3 is 0 Å². The number of nitriles is 1. The largest absolute Gasteiger partial charge is 0.454 e. The smallest absolute Gasteiger partial charge is 0.231 e. The average Bonchev–Trinajstić information content (AvgIpc) is 3.20. The molecule has 0 aliphatic carbocycles. The van der Waals surface area contributed by atoms with Gasteiger partial charge in [-0.15, -0.1) is 0 Å². The molecule has 0 spiro atoms. The molecule has 0 bridgehead atoms. The molecule has 4 rings (SSSR count). The Bertz CT molecular complexity index is 1150. The molecule has 0 amide bonds. The molecule has 1 aliphatic rings. The third-order valence-electron chi connectivity index (χ3n) is 4.48. The number of fused-ring (bicyclic) bond motifs is 2. The first-order chi connectivity index (χ1) is 14.6. The molecule has 0 saturated carbocycles. The van der Waals surface area contributed by atoms with Crippen molar-refractivity contribution >= 4 is 51.3 Å². The Morgan fingerprint density at radius 3 is 2.77 bits per heavy atom. The number of pyridine rings is 1. The van der Waals surface area contributed by atoms with Crippen LogP contribution in [0.1, 0.15) is 12.0 Å². The maximum atomic E-state index is 9.47. The molecule has 3 aromatic rings. The number of ether oxygens (including phenoxy) is 2. The summed E-state index contributed by atoms with van der Waals surface area (Å²) in [5.74, 6) is 1.87. The Labute approximate surface area is 184 Å². The number of benzene rings is 2. The van der Waals surface area contributed by atoms with Crippen molar-refractivity contribution in [1.82, 2.24) is 10.3 Å². The highest BCUT2D eigenvalue weighted by molar-refractivity contribution is 7.80. The van der Waals surface area contributed by atoms with Crippen LogP contribution in [0.3, 0.4) is 0 Å². The monoisotopic (exact) mass is 439 g/mol. The number of hydrogen-bond donors (Lipinski definition) is 3. The highest BCUT2D eigenvalue weighted by Crippen LogP contribution is 2.36. The molecule has 3 N–H and O–H groups in total. The predicted octanol–water partition coefficient (Wildman–Crippen LogP) is 4.28. The van der Waals surface area contributed by atoms with Gasteiger partial charge in [-0.2, -0.15) is 5.26 Å². The van der Waals surface area contributed by atoms with Gasteiger partial charge in [-0.3, -0.25) is 0 Å². The van der Waals surface area contributed by atoms with Crippen LogP contribution in [0, 0.1) is 11.3 Å².